The number of aromatic nitrogens is 2. The molecule has 1 aromatic rings. The Morgan fingerprint density at radius 1 is 1.56 bits per heavy atom. The maximum Gasteiger partial charge on any atom is 0.354 e. The van der Waals surface area contributed by atoms with Gasteiger partial charge in [-0.3, -0.25) is 4.57 Å². The second-order valence-electron chi connectivity index (χ2n) is 2.97. The predicted molar refractivity (Wildman–Crippen MR) is 49.3 cm³/mol. The predicted octanol–water partition coefficient (Wildman–Crippen LogP) is 0.00260. The first-order chi connectivity index (χ1) is 7.61. The zero-order chi connectivity index (χ0) is 11.7. The minimum absolute atomic E-state index is 0.394. The van der Waals surface area contributed by atoms with Crippen LogP contribution in [0.1, 0.15) is 6.23 Å². The highest BCUT2D eigenvalue weighted by Gasteiger charge is 2.21. The Bertz CT molecular complexity index is 523. The number of cyclic esters (lactones) is 1. The second-order valence-corrected chi connectivity index (χ2v) is 2.97. The van der Waals surface area contributed by atoms with E-state index in [0.717, 1.165) is 16.8 Å². The molecule has 0 fully saturated rings. The number of hydrogen-bond acceptors (Lipinski definition) is 5. The van der Waals surface area contributed by atoms with Gasteiger partial charge in [-0.25, -0.2) is 9.59 Å². The molecule has 0 saturated carbocycles. The Labute approximate surface area is 88.9 Å². The van der Waals surface area contributed by atoms with Crippen molar-refractivity contribution >= 4 is 5.97 Å². The molecule has 0 spiro atoms. The molecule has 1 atom stereocenters. The Morgan fingerprint density at radius 3 is 2.88 bits per heavy atom. The topological polar surface area (TPSA) is 70.4 Å². The molecule has 7 heteroatoms. The Kier molecular flexibility index (Phi) is 2.43. The van der Waals surface area contributed by atoms with Gasteiger partial charge in [0.1, 0.15) is 0 Å². The second kappa shape index (κ2) is 3.76. The van der Waals surface area contributed by atoms with Gasteiger partial charge >= 0.3 is 11.7 Å². The number of halogens is 1. The summed E-state index contributed by atoms with van der Waals surface area (Å²) in [6.45, 7) is 0. The lowest BCUT2D eigenvalue weighted by Crippen LogP contribution is -2.27. The largest absolute Gasteiger partial charge is 0.479 e. The number of carbonyl (C=O) groups excluding carboxylic acids is 1. The van der Waals surface area contributed by atoms with Gasteiger partial charge in [0.25, 0.3) is 5.88 Å². The van der Waals surface area contributed by atoms with E-state index in [2.05, 4.69) is 9.72 Å². The third-order valence-electron chi connectivity index (χ3n) is 1.98. The fraction of sp³-hybridized carbons (Fsp3) is 0.222. The van der Waals surface area contributed by atoms with Crippen molar-refractivity contribution in [2.75, 3.05) is 7.11 Å². The van der Waals surface area contributed by atoms with E-state index >= 15 is 0 Å². The van der Waals surface area contributed by atoms with E-state index in [-0.39, 0.29) is 0 Å². The van der Waals surface area contributed by atoms with Crippen molar-refractivity contribution in [3.63, 3.8) is 0 Å². The average molecular weight is 226 g/mol. The smallest absolute Gasteiger partial charge is 0.354 e. The maximum absolute atomic E-state index is 13.3. The summed E-state index contributed by atoms with van der Waals surface area (Å²) < 4.78 is 23.4. The van der Waals surface area contributed by atoms with Crippen LogP contribution in [0.25, 0.3) is 0 Å². The number of carbonyl (C=O) groups is 1. The molecule has 0 bridgehead atoms. The molecule has 84 valence electrons. The van der Waals surface area contributed by atoms with Crippen LogP contribution in [0.4, 0.5) is 4.39 Å². The summed E-state index contributed by atoms with van der Waals surface area (Å²) in [5.41, 5.74) is -0.761. The number of rotatable bonds is 2. The first-order valence-corrected chi connectivity index (χ1v) is 4.33. The summed E-state index contributed by atoms with van der Waals surface area (Å²) in [7, 11) is 1.20. The summed E-state index contributed by atoms with van der Waals surface area (Å²) in [5.74, 6) is -1.79. The van der Waals surface area contributed by atoms with Crippen LogP contribution in [-0.2, 0) is 9.53 Å². The highest BCUT2D eigenvalue weighted by Crippen LogP contribution is 2.17. The van der Waals surface area contributed by atoms with E-state index in [1.165, 1.54) is 13.2 Å². The van der Waals surface area contributed by atoms with E-state index < -0.39 is 29.6 Å². The molecule has 2 rings (SSSR count). The van der Waals surface area contributed by atoms with Crippen molar-refractivity contribution in [1.29, 1.82) is 0 Å². The van der Waals surface area contributed by atoms with Crippen LogP contribution in [0.2, 0.25) is 0 Å². The molecule has 1 aliphatic heterocycles. The van der Waals surface area contributed by atoms with Crippen LogP contribution < -0.4 is 10.4 Å². The molecule has 0 radical (unpaired) electrons. The molecule has 6 nitrogen and oxygen atoms in total. The molecular weight excluding hydrogens is 219 g/mol. The van der Waals surface area contributed by atoms with Crippen LogP contribution in [0, 0.1) is 5.82 Å². The van der Waals surface area contributed by atoms with Crippen LogP contribution in [0.15, 0.2) is 23.1 Å². The molecular formula is C9H7FN2O4. The number of esters is 1. The highest BCUT2D eigenvalue weighted by atomic mass is 19.1. The van der Waals surface area contributed by atoms with Crippen molar-refractivity contribution in [2.45, 2.75) is 6.23 Å². The van der Waals surface area contributed by atoms with Gasteiger partial charge in [-0.2, -0.15) is 9.37 Å². The first-order valence-electron chi connectivity index (χ1n) is 4.33. The van der Waals surface area contributed by atoms with Crippen molar-refractivity contribution in [1.82, 2.24) is 9.55 Å². The number of ether oxygens (including phenoxy) is 2. The average Bonchev–Trinajstić information content (AvgIpc) is 2.67. The van der Waals surface area contributed by atoms with Crippen LogP contribution >= 0.6 is 0 Å². The Morgan fingerprint density at radius 2 is 2.31 bits per heavy atom. The third kappa shape index (κ3) is 1.67. The van der Waals surface area contributed by atoms with Gasteiger partial charge in [0.2, 0.25) is 12.0 Å². The summed E-state index contributed by atoms with van der Waals surface area (Å²) in [4.78, 5) is 25.6. The van der Waals surface area contributed by atoms with Gasteiger partial charge in [0, 0.05) is 6.08 Å². The van der Waals surface area contributed by atoms with Crippen LogP contribution in [-0.4, -0.2) is 22.6 Å². The van der Waals surface area contributed by atoms with E-state index in [1.807, 2.05) is 0 Å². The van der Waals surface area contributed by atoms with Gasteiger partial charge in [-0.1, -0.05) is 0 Å². The zero-order valence-electron chi connectivity index (χ0n) is 8.21. The van der Waals surface area contributed by atoms with Crippen molar-refractivity contribution in [2.24, 2.45) is 0 Å². The normalized spacial score (nSPS) is 18.6. The van der Waals surface area contributed by atoms with Crippen LogP contribution in [0.3, 0.4) is 0 Å². The van der Waals surface area contributed by atoms with Gasteiger partial charge < -0.3 is 9.47 Å². The van der Waals surface area contributed by atoms with E-state index in [1.54, 1.807) is 0 Å². The fourth-order valence-electron chi connectivity index (χ4n) is 1.26. The number of nitrogens with zero attached hydrogens (tertiary/aromatic N) is 2. The van der Waals surface area contributed by atoms with Gasteiger partial charge in [0.15, 0.2) is 0 Å². The lowest BCUT2D eigenvalue weighted by molar-refractivity contribution is -0.141. The summed E-state index contributed by atoms with van der Waals surface area (Å²) in [6.07, 6.45) is 2.41. The van der Waals surface area contributed by atoms with Crippen molar-refractivity contribution in [3.8, 4) is 5.88 Å². The van der Waals surface area contributed by atoms with E-state index in [9.17, 15) is 14.0 Å². The standard InChI is InChI=1S/C9H7FN2O4/c1-15-8-5(10)4-12(9(14)11-8)6-2-3-7(13)16-6/h2-4,6H,1H3/t6-/m1/s1. The Hall–Kier alpha value is -2.18. The summed E-state index contributed by atoms with van der Waals surface area (Å²) in [5, 5.41) is 0. The van der Waals surface area contributed by atoms with Crippen LogP contribution in [0.5, 0.6) is 5.88 Å². The third-order valence-corrected chi connectivity index (χ3v) is 1.98. The van der Waals surface area contributed by atoms with Crippen molar-refractivity contribution in [3.05, 3.63) is 34.7 Å². The molecule has 0 aromatic carbocycles. The van der Waals surface area contributed by atoms with Crippen molar-refractivity contribution < 1.29 is 18.7 Å². The quantitative estimate of drug-likeness (QED) is 0.664. The molecule has 0 saturated heterocycles. The van der Waals surface area contributed by atoms with Gasteiger partial charge in [-0.15, -0.1) is 0 Å². The molecule has 16 heavy (non-hydrogen) atoms. The zero-order valence-corrected chi connectivity index (χ0v) is 8.21. The fourth-order valence-corrected chi connectivity index (χ4v) is 1.26. The molecule has 1 aromatic heterocycles. The number of hydrogen-bond donors (Lipinski definition) is 0. The Balaban J connectivity index is 2.43. The molecule has 1 aliphatic rings. The van der Waals surface area contributed by atoms with Gasteiger partial charge in [0.05, 0.1) is 13.3 Å². The molecule has 0 amide bonds. The molecule has 0 N–H and O–H groups in total. The lowest BCUT2D eigenvalue weighted by atomic mass is 10.5. The summed E-state index contributed by atoms with van der Waals surface area (Å²) in [6, 6.07) is 0. The minimum Gasteiger partial charge on any atom is -0.479 e. The van der Waals surface area contributed by atoms with Gasteiger partial charge in [-0.05, 0) is 6.08 Å². The minimum atomic E-state index is -0.951. The molecule has 2 heterocycles. The number of methoxy groups -OCH3 is 1. The van der Waals surface area contributed by atoms with E-state index in [0.29, 0.717) is 0 Å². The van der Waals surface area contributed by atoms with E-state index in [4.69, 9.17) is 4.74 Å². The monoisotopic (exact) mass is 226 g/mol. The molecule has 0 aliphatic carbocycles. The SMILES string of the molecule is COc1nc(=O)n([C@H]2C=CC(=O)O2)cc1F. The molecule has 0 unspecified atom stereocenters. The summed E-state index contributed by atoms with van der Waals surface area (Å²) >= 11 is 0. The lowest BCUT2D eigenvalue weighted by Gasteiger charge is -2.11. The maximum atomic E-state index is 13.3. The highest BCUT2D eigenvalue weighted by molar-refractivity contribution is 5.84. The first kappa shape index (κ1) is 10.3.